The number of rotatable bonds is 6. The smallest absolute Gasteiger partial charge is 0.274 e. The van der Waals surface area contributed by atoms with Crippen LogP contribution in [0.3, 0.4) is 0 Å². The summed E-state index contributed by atoms with van der Waals surface area (Å²) in [6.45, 7) is 0.958. The van der Waals surface area contributed by atoms with Crippen LogP contribution in [-0.4, -0.2) is 30.7 Å². The van der Waals surface area contributed by atoms with Crippen LogP contribution >= 0.6 is 0 Å². The minimum Gasteiger partial charge on any atom is -0.274 e. The van der Waals surface area contributed by atoms with Crippen LogP contribution in [0.25, 0.3) is 0 Å². The van der Waals surface area contributed by atoms with Crippen molar-refractivity contribution in [1.29, 1.82) is 0 Å². The van der Waals surface area contributed by atoms with Gasteiger partial charge in [0.1, 0.15) is 0 Å². The largest absolute Gasteiger partial charge is 0.326 e. The van der Waals surface area contributed by atoms with Crippen molar-refractivity contribution in [2.75, 3.05) is 10.8 Å². The zero-order valence-electron chi connectivity index (χ0n) is 13.3. The van der Waals surface area contributed by atoms with Gasteiger partial charge in [0.2, 0.25) is 5.91 Å². The molecule has 0 radical (unpaired) electrons. The van der Waals surface area contributed by atoms with Crippen LogP contribution in [0.15, 0.2) is 42.7 Å². The Hall–Kier alpha value is -2.35. The van der Waals surface area contributed by atoms with E-state index in [1.54, 1.807) is 35.3 Å². The van der Waals surface area contributed by atoms with Crippen molar-refractivity contribution in [1.82, 2.24) is 14.5 Å². The molecule has 1 N–H and O–H groups in total. The lowest BCUT2D eigenvalue weighted by atomic mass is 10.0. The summed E-state index contributed by atoms with van der Waals surface area (Å²) in [5.41, 5.74) is 1.64. The molecule has 3 rings (SSSR count). The van der Waals surface area contributed by atoms with Crippen LogP contribution in [-0.2, 0) is 28.0 Å². The van der Waals surface area contributed by atoms with Gasteiger partial charge in [-0.15, -0.1) is 0 Å². The molecule has 2 heterocycles. The van der Waals surface area contributed by atoms with Crippen molar-refractivity contribution >= 4 is 21.8 Å². The van der Waals surface area contributed by atoms with Crippen molar-refractivity contribution in [3.8, 4) is 0 Å². The summed E-state index contributed by atoms with van der Waals surface area (Å²) >= 11 is 0. The second-order valence-electron chi connectivity index (χ2n) is 5.71. The second-order valence-corrected chi connectivity index (χ2v) is 7.30. The zero-order chi connectivity index (χ0) is 17.0. The maximum Gasteiger partial charge on any atom is 0.326 e. The normalized spacial score (nSPS) is 14.2. The first-order valence-corrected chi connectivity index (χ1v) is 9.39. The molecule has 1 aromatic heterocycles. The minimum atomic E-state index is -3.87. The Morgan fingerprint density at radius 1 is 1.25 bits per heavy atom. The molecule has 0 aliphatic carbocycles. The Morgan fingerprint density at radius 3 is 2.88 bits per heavy atom. The number of hydrogen-bond donors (Lipinski definition) is 1. The molecule has 1 aromatic carbocycles. The third-order valence-corrected chi connectivity index (χ3v) is 5.40. The summed E-state index contributed by atoms with van der Waals surface area (Å²) in [4.78, 5) is 12.0. The minimum absolute atomic E-state index is 0.134. The molecule has 8 heteroatoms. The number of carbonyl (C=O) groups excluding carboxylic acids is 1. The number of anilines is 1. The Kier molecular flexibility index (Phi) is 4.84. The number of hydrogen-bond acceptors (Lipinski definition) is 4. The summed E-state index contributed by atoms with van der Waals surface area (Å²) in [5.74, 6) is -0.495. The van der Waals surface area contributed by atoms with Gasteiger partial charge < -0.3 is 0 Å². The van der Waals surface area contributed by atoms with E-state index >= 15 is 0 Å². The van der Waals surface area contributed by atoms with Crippen molar-refractivity contribution < 1.29 is 13.2 Å². The number of aromatic nitrogens is 2. The molecule has 0 saturated heterocycles. The quantitative estimate of drug-likeness (QED) is 0.857. The Bertz CT molecular complexity index is 802. The number of benzene rings is 1. The van der Waals surface area contributed by atoms with E-state index in [1.165, 1.54) is 4.31 Å². The molecule has 24 heavy (non-hydrogen) atoms. The molecule has 0 saturated carbocycles. The lowest BCUT2D eigenvalue weighted by molar-refractivity contribution is -0.119. The molecule has 1 aliphatic rings. The standard InChI is InChI=1S/C16H20N4O3S/c21-16(9-4-11-19-12-5-10-17-19)18-24(22,23)20-13-3-7-14-6-1-2-8-15(14)20/h1-2,5-6,8,10,12H,3-4,7,9,11,13H2,(H,18,21). The van der Waals surface area contributed by atoms with Crippen LogP contribution in [0.5, 0.6) is 0 Å². The van der Waals surface area contributed by atoms with Crippen molar-refractivity contribution in [2.24, 2.45) is 0 Å². The van der Waals surface area contributed by atoms with Gasteiger partial charge in [-0.3, -0.25) is 13.8 Å². The lowest BCUT2D eigenvalue weighted by Crippen LogP contribution is -2.45. The first kappa shape index (κ1) is 16.5. The van der Waals surface area contributed by atoms with Gasteiger partial charge in [-0.05, 0) is 37.0 Å². The highest BCUT2D eigenvalue weighted by molar-refractivity contribution is 7.91. The first-order valence-electron chi connectivity index (χ1n) is 7.95. The van der Waals surface area contributed by atoms with Crippen molar-refractivity contribution in [2.45, 2.75) is 32.2 Å². The number of amides is 1. The number of nitrogens with zero attached hydrogens (tertiary/aromatic N) is 3. The molecular formula is C16H20N4O3S. The van der Waals surface area contributed by atoms with Crippen molar-refractivity contribution in [3.05, 3.63) is 48.3 Å². The average molecular weight is 348 g/mol. The maximum absolute atomic E-state index is 12.5. The number of para-hydroxylation sites is 1. The van der Waals surface area contributed by atoms with Gasteiger partial charge in [0.05, 0.1) is 5.69 Å². The van der Waals surface area contributed by atoms with Crippen LogP contribution in [0.2, 0.25) is 0 Å². The van der Waals surface area contributed by atoms with Crippen LogP contribution < -0.4 is 9.03 Å². The van der Waals surface area contributed by atoms with Gasteiger partial charge >= 0.3 is 10.2 Å². The second kappa shape index (κ2) is 7.04. The topological polar surface area (TPSA) is 84.3 Å². The predicted octanol–water partition coefficient (Wildman–Crippen LogP) is 1.48. The van der Waals surface area contributed by atoms with E-state index in [0.717, 1.165) is 18.4 Å². The Labute approximate surface area is 141 Å². The van der Waals surface area contributed by atoms with Gasteiger partial charge in [0.25, 0.3) is 0 Å². The summed E-state index contributed by atoms with van der Waals surface area (Å²) in [6.07, 6.45) is 5.72. The fourth-order valence-corrected chi connectivity index (χ4v) is 4.14. The molecule has 128 valence electrons. The molecule has 0 bridgehead atoms. The van der Waals surface area contributed by atoms with Gasteiger partial charge in [0.15, 0.2) is 0 Å². The summed E-state index contributed by atoms with van der Waals surface area (Å²) in [7, 11) is -3.87. The molecule has 0 fully saturated rings. The van der Waals surface area contributed by atoms with E-state index < -0.39 is 16.1 Å². The monoisotopic (exact) mass is 348 g/mol. The fourth-order valence-electron chi connectivity index (χ4n) is 2.83. The number of aryl methyl sites for hydroxylation is 2. The zero-order valence-corrected chi connectivity index (χ0v) is 14.1. The summed E-state index contributed by atoms with van der Waals surface area (Å²) in [6, 6.07) is 9.19. The number of carbonyl (C=O) groups is 1. The summed E-state index contributed by atoms with van der Waals surface area (Å²) in [5, 5.41) is 4.04. The van der Waals surface area contributed by atoms with Gasteiger partial charge in [-0.25, -0.2) is 4.72 Å². The van der Waals surface area contributed by atoms with E-state index in [2.05, 4.69) is 9.82 Å². The van der Waals surface area contributed by atoms with Gasteiger partial charge in [-0.1, -0.05) is 18.2 Å². The highest BCUT2D eigenvalue weighted by Crippen LogP contribution is 2.28. The summed E-state index contributed by atoms with van der Waals surface area (Å²) < 4.78 is 30.2. The van der Waals surface area contributed by atoms with Crippen molar-refractivity contribution in [3.63, 3.8) is 0 Å². The molecule has 2 aromatic rings. The number of nitrogens with one attached hydrogen (secondary N) is 1. The Balaban J connectivity index is 1.60. The van der Waals surface area contributed by atoms with E-state index in [9.17, 15) is 13.2 Å². The average Bonchev–Trinajstić information content (AvgIpc) is 3.07. The van der Waals surface area contributed by atoms with Crippen LogP contribution in [0.4, 0.5) is 5.69 Å². The van der Waals surface area contributed by atoms with Gasteiger partial charge in [-0.2, -0.15) is 13.5 Å². The third kappa shape index (κ3) is 3.76. The van der Waals surface area contributed by atoms with Crippen LogP contribution in [0, 0.1) is 0 Å². The Morgan fingerprint density at radius 2 is 2.08 bits per heavy atom. The van der Waals surface area contributed by atoms with E-state index in [0.29, 0.717) is 25.2 Å². The molecule has 0 spiro atoms. The SMILES string of the molecule is O=C(CCCn1cccn1)NS(=O)(=O)N1CCCc2ccccc21. The third-order valence-electron chi connectivity index (χ3n) is 3.95. The highest BCUT2D eigenvalue weighted by Gasteiger charge is 2.28. The maximum atomic E-state index is 12.5. The van der Waals surface area contributed by atoms with E-state index in [4.69, 9.17) is 0 Å². The fraction of sp³-hybridized carbons (Fsp3) is 0.375. The molecule has 0 unspecified atom stereocenters. The molecular weight excluding hydrogens is 328 g/mol. The first-order chi connectivity index (χ1) is 11.6. The molecule has 0 atom stereocenters. The molecule has 1 amide bonds. The molecule has 7 nitrogen and oxygen atoms in total. The van der Waals surface area contributed by atoms with Crippen LogP contribution in [0.1, 0.15) is 24.8 Å². The van der Waals surface area contributed by atoms with Gasteiger partial charge in [0, 0.05) is 31.9 Å². The molecule has 1 aliphatic heterocycles. The van der Waals surface area contributed by atoms with E-state index in [1.807, 2.05) is 12.1 Å². The lowest BCUT2D eigenvalue weighted by Gasteiger charge is -2.30. The highest BCUT2D eigenvalue weighted by atomic mass is 32.2. The number of fused-ring (bicyclic) bond motifs is 1. The predicted molar refractivity (Wildman–Crippen MR) is 90.6 cm³/mol. The van der Waals surface area contributed by atoms with E-state index in [-0.39, 0.29) is 6.42 Å².